The van der Waals surface area contributed by atoms with Crippen LogP contribution < -0.4 is 5.73 Å². The molecule has 1 aromatic rings. The van der Waals surface area contributed by atoms with E-state index in [2.05, 4.69) is 0 Å². The Balaban J connectivity index is 2.69. The van der Waals surface area contributed by atoms with Crippen LogP contribution in [0.2, 0.25) is 5.02 Å². The standard InChI is InChI=1S/C9H11ClN2/c10-8-3-1-2-7(4-8)5-9(12)6-11/h1-4,6,9,11H,5,12H2/t9-/m0/s1. The van der Waals surface area contributed by atoms with Crippen molar-refractivity contribution in [3.63, 3.8) is 0 Å². The highest BCUT2D eigenvalue weighted by Crippen LogP contribution is 2.11. The van der Waals surface area contributed by atoms with Gasteiger partial charge in [0.1, 0.15) is 0 Å². The van der Waals surface area contributed by atoms with E-state index in [9.17, 15) is 0 Å². The second kappa shape index (κ2) is 4.24. The summed E-state index contributed by atoms with van der Waals surface area (Å²) in [5.74, 6) is 0. The van der Waals surface area contributed by atoms with Gasteiger partial charge in [-0.15, -0.1) is 0 Å². The fourth-order valence-electron chi connectivity index (χ4n) is 0.995. The average Bonchev–Trinajstić information content (AvgIpc) is 2.04. The van der Waals surface area contributed by atoms with E-state index in [1.807, 2.05) is 24.3 Å². The van der Waals surface area contributed by atoms with E-state index in [0.717, 1.165) is 5.56 Å². The molecule has 0 saturated carbocycles. The summed E-state index contributed by atoms with van der Waals surface area (Å²) < 4.78 is 0. The number of hydrogen-bond donors (Lipinski definition) is 2. The topological polar surface area (TPSA) is 49.9 Å². The smallest absolute Gasteiger partial charge is 0.0433 e. The lowest BCUT2D eigenvalue weighted by Crippen LogP contribution is -2.23. The Kier molecular flexibility index (Phi) is 3.26. The molecule has 0 bridgehead atoms. The molecule has 2 nitrogen and oxygen atoms in total. The van der Waals surface area contributed by atoms with Crippen LogP contribution in [-0.2, 0) is 6.42 Å². The zero-order valence-electron chi connectivity index (χ0n) is 6.63. The molecule has 1 aromatic carbocycles. The Morgan fingerprint density at radius 2 is 2.33 bits per heavy atom. The van der Waals surface area contributed by atoms with Crippen LogP contribution in [-0.4, -0.2) is 12.3 Å². The third-order valence-electron chi connectivity index (χ3n) is 1.57. The fourth-order valence-corrected chi connectivity index (χ4v) is 1.21. The van der Waals surface area contributed by atoms with Crippen LogP contribution in [0.25, 0.3) is 0 Å². The second-order valence-electron chi connectivity index (χ2n) is 2.66. The van der Waals surface area contributed by atoms with Crippen LogP contribution in [0.4, 0.5) is 0 Å². The van der Waals surface area contributed by atoms with Crippen molar-refractivity contribution < 1.29 is 0 Å². The predicted molar refractivity (Wildman–Crippen MR) is 51.9 cm³/mol. The van der Waals surface area contributed by atoms with Gasteiger partial charge in [-0.2, -0.15) is 0 Å². The van der Waals surface area contributed by atoms with Gasteiger partial charge < -0.3 is 11.1 Å². The minimum absolute atomic E-state index is 0.205. The van der Waals surface area contributed by atoms with Crippen molar-refractivity contribution in [2.24, 2.45) is 5.73 Å². The Hall–Kier alpha value is -0.860. The van der Waals surface area contributed by atoms with E-state index < -0.39 is 0 Å². The molecule has 0 aliphatic carbocycles. The molecule has 0 radical (unpaired) electrons. The summed E-state index contributed by atoms with van der Waals surface area (Å²) >= 11 is 5.77. The molecular weight excluding hydrogens is 172 g/mol. The number of hydrogen-bond acceptors (Lipinski definition) is 2. The molecule has 1 rings (SSSR count). The minimum atomic E-state index is -0.205. The molecule has 0 aliphatic rings. The Labute approximate surface area is 76.9 Å². The van der Waals surface area contributed by atoms with Gasteiger partial charge in [0.25, 0.3) is 0 Å². The van der Waals surface area contributed by atoms with Crippen molar-refractivity contribution in [3.05, 3.63) is 34.9 Å². The van der Waals surface area contributed by atoms with Crippen LogP contribution >= 0.6 is 11.6 Å². The van der Waals surface area contributed by atoms with Gasteiger partial charge in [-0.25, -0.2) is 0 Å². The molecule has 12 heavy (non-hydrogen) atoms. The molecule has 64 valence electrons. The molecule has 0 aromatic heterocycles. The molecule has 0 unspecified atom stereocenters. The van der Waals surface area contributed by atoms with Crippen LogP contribution in [0.15, 0.2) is 24.3 Å². The molecule has 3 heteroatoms. The third kappa shape index (κ3) is 2.64. The number of nitrogens with one attached hydrogen (secondary N) is 1. The van der Waals surface area contributed by atoms with Crippen LogP contribution in [0.3, 0.4) is 0 Å². The van der Waals surface area contributed by atoms with Crippen LogP contribution in [0, 0.1) is 5.41 Å². The SMILES string of the molecule is N=C[C@@H](N)Cc1cccc(Cl)c1. The monoisotopic (exact) mass is 182 g/mol. The molecule has 1 atom stereocenters. The van der Waals surface area contributed by atoms with Crippen LogP contribution in [0.1, 0.15) is 5.56 Å². The van der Waals surface area contributed by atoms with Gasteiger partial charge >= 0.3 is 0 Å². The average molecular weight is 183 g/mol. The first-order valence-corrected chi connectivity index (χ1v) is 4.11. The van der Waals surface area contributed by atoms with E-state index >= 15 is 0 Å². The molecule has 3 N–H and O–H groups in total. The van der Waals surface area contributed by atoms with E-state index in [-0.39, 0.29) is 6.04 Å². The summed E-state index contributed by atoms with van der Waals surface area (Å²) in [6.07, 6.45) is 1.91. The molecular formula is C9H11ClN2. The van der Waals surface area contributed by atoms with Gasteiger partial charge in [0.15, 0.2) is 0 Å². The van der Waals surface area contributed by atoms with E-state index in [0.29, 0.717) is 11.4 Å². The second-order valence-corrected chi connectivity index (χ2v) is 3.10. The summed E-state index contributed by atoms with van der Waals surface area (Å²) in [4.78, 5) is 0. The van der Waals surface area contributed by atoms with E-state index in [1.165, 1.54) is 6.21 Å². The van der Waals surface area contributed by atoms with Gasteiger partial charge in [0.05, 0.1) is 0 Å². The summed E-state index contributed by atoms with van der Waals surface area (Å²) in [5.41, 5.74) is 6.64. The Morgan fingerprint density at radius 3 is 2.92 bits per heavy atom. The maximum absolute atomic E-state index is 6.93. The number of halogens is 1. The maximum atomic E-state index is 6.93. The zero-order valence-corrected chi connectivity index (χ0v) is 7.38. The lowest BCUT2D eigenvalue weighted by atomic mass is 10.1. The van der Waals surface area contributed by atoms with Gasteiger partial charge in [-0.05, 0) is 24.1 Å². The largest absolute Gasteiger partial charge is 0.323 e. The van der Waals surface area contributed by atoms with Gasteiger partial charge in [0.2, 0.25) is 0 Å². The molecule has 0 spiro atoms. The van der Waals surface area contributed by atoms with Crippen molar-refractivity contribution >= 4 is 17.8 Å². The summed E-state index contributed by atoms with van der Waals surface area (Å²) in [5, 5.41) is 7.64. The lowest BCUT2D eigenvalue weighted by Gasteiger charge is -2.04. The highest BCUT2D eigenvalue weighted by Gasteiger charge is 1.99. The lowest BCUT2D eigenvalue weighted by molar-refractivity contribution is 0.860. The first kappa shape index (κ1) is 9.23. The highest BCUT2D eigenvalue weighted by atomic mass is 35.5. The Morgan fingerprint density at radius 1 is 1.58 bits per heavy atom. The summed E-state index contributed by atoms with van der Waals surface area (Å²) in [7, 11) is 0. The molecule has 0 aliphatic heterocycles. The maximum Gasteiger partial charge on any atom is 0.0433 e. The van der Waals surface area contributed by atoms with E-state index in [1.54, 1.807) is 0 Å². The van der Waals surface area contributed by atoms with Crippen molar-refractivity contribution in [2.75, 3.05) is 0 Å². The third-order valence-corrected chi connectivity index (χ3v) is 1.81. The summed E-state index contributed by atoms with van der Waals surface area (Å²) in [6.45, 7) is 0. The zero-order chi connectivity index (χ0) is 8.97. The Bertz CT molecular complexity index is 273. The first-order chi connectivity index (χ1) is 5.72. The normalized spacial score (nSPS) is 12.5. The van der Waals surface area contributed by atoms with Crippen molar-refractivity contribution in [1.82, 2.24) is 0 Å². The molecule has 0 fully saturated rings. The quantitative estimate of drug-likeness (QED) is 0.689. The van der Waals surface area contributed by atoms with Crippen LogP contribution in [0.5, 0.6) is 0 Å². The summed E-state index contributed by atoms with van der Waals surface area (Å²) in [6, 6.07) is 7.32. The van der Waals surface area contributed by atoms with Gasteiger partial charge in [-0.1, -0.05) is 23.7 Å². The van der Waals surface area contributed by atoms with Gasteiger partial charge in [-0.3, -0.25) is 0 Å². The van der Waals surface area contributed by atoms with Crippen molar-refractivity contribution in [3.8, 4) is 0 Å². The fraction of sp³-hybridized carbons (Fsp3) is 0.222. The molecule has 0 heterocycles. The highest BCUT2D eigenvalue weighted by molar-refractivity contribution is 6.30. The molecule has 0 amide bonds. The van der Waals surface area contributed by atoms with Crippen molar-refractivity contribution in [2.45, 2.75) is 12.5 Å². The number of nitrogens with two attached hydrogens (primary N) is 1. The molecule has 0 saturated heterocycles. The number of benzene rings is 1. The predicted octanol–water partition coefficient (Wildman–Crippen LogP) is 1.86. The minimum Gasteiger partial charge on any atom is -0.323 e. The van der Waals surface area contributed by atoms with Gasteiger partial charge in [0, 0.05) is 17.3 Å². The van der Waals surface area contributed by atoms with Crippen molar-refractivity contribution in [1.29, 1.82) is 5.41 Å². The number of rotatable bonds is 3. The van der Waals surface area contributed by atoms with E-state index in [4.69, 9.17) is 22.7 Å². The first-order valence-electron chi connectivity index (χ1n) is 3.73.